The molecule has 0 aliphatic heterocycles. The average molecular weight is 439 g/mol. The van der Waals surface area contributed by atoms with Gasteiger partial charge in [0, 0.05) is 25.7 Å². The van der Waals surface area contributed by atoms with Crippen LogP contribution >= 0.6 is 24.0 Å². The number of aliphatic imine (C=N–C) groups is 1. The van der Waals surface area contributed by atoms with E-state index < -0.39 is 0 Å². The summed E-state index contributed by atoms with van der Waals surface area (Å²) in [6.45, 7) is 1.57. The van der Waals surface area contributed by atoms with Gasteiger partial charge in [0.05, 0.1) is 7.11 Å². The largest absolute Gasteiger partial charge is 0.496 e. The van der Waals surface area contributed by atoms with Gasteiger partial charge in [0.1, 0.15) is 5.75 Å². The Kier molecular flexibility index (Phi) is 9.91. The summed E-state index contributed by atoms with van der Waals surface area (Å²) in [7, 11) is 3.48. The van der Waals surface area contributed by atoms with E-state index in [2.05, 4.69) is 46.0 Å². The molecule has 24 heavy (non-hydrogen) atoms. The highest BCUT2D eigenvalue weighted by Crippen LogP contribution is 2.16. The highest BCUT2D eigenvalue weighted by molar-refractivity contribution is 14.0. The Hall–Kier alpha value is -1.76. The van der Waals surface area contributed by atoms with Crippen LogP contribution in [0.3, 0.4) is 0 Å². The molecule has 0 atom stereocenters. The van der Waals surface area contributed by atoms with Gasteiger partial charge < -0.3 is 15.4 Å². The maximum atomic E-state index is 5.36. The van der Waals surface area contributed by atoms with Gasteiger partial charge in [0.2, 0.25) is 0 Å². The molecule has 2 rings (SSSR count). The highest BCUT2D eigenvalue weighted by atomic mass is 127. The first kappa shape index (κ1) is 20.3. The summed E-state index contributed by atoms with van der Waals surface area (Å²) in [5, 5.41) is 6.66. The number of halogens is 1. The minimum Gasteiger partial charge on any atom is -0.496 e. The Morgan fingerprint density at radius 2 is 1.71 bits per heavy atom. The van der Waals surface area contributed by atoms with Crippen molar-refractivity contribution in [3.8, 4) is 5.75 Å². The van der Waals surface area contributed by atoms with Crippen molar-refractivity contribution in [3.63, 3.8) is 0 Å². The normalized spacial score (nSPS) is 10.7. The fourth-order valence-corrected chi connectivity index (χ4v) is 2.39. The van der Waals surface area contributed by atoms with Gasteiger partial charge in [-0.1, -0.05) is 48.5 Å². The molecule has 0 aliphatic rings. The minimum absolute atomic E-state index is 0. The van der Waals surface area contributed by atoms with E-state index in [0.717, 1.165) is 36.7 Å². The molecule has 0 radical (unpaired) electrons. The summed E-state index contributed by atoms with van der Waals surface area (Å²) in [5.74, 6) is 1.70. The molecule has 0 spiro atoms. The van der Waals surface area contributed by atoms with Crippen molar-refractivity contribution in [1.29, 1.82) is 0 Å². The van der Waals surface area contributed by atoms with Crippen LogP contribution in [0, 0.1) is 0 Å². The molecule has 0 saturated carbocycles. The monoisotopic (exact) mass is 439 g/mol. The lowest BCUT2D eigenvalue weighted by molar-refractivity contribution is 0.409. The van der Waals surface area contributed by atoms with E-state index in [1.807, 2.05) is 24.3 Å². The number of para-hydroxylation sites is 1. The Morgan fingerprint density at radius 3 is 2.42 bits per heavy atom. The summed E-state index contributed by atoms with van der Waals surface area (Å²) in [5.41, 5.74) is 2.48. The van der Waals surface area contributed by atoms with Crippen LogP contribution in [-0.2, 0) is 13.0 Å². The predicted octanol–water partition coefficient (Wildman–Crippen LogP) is 3.61. The number of methoxy groups -OCH3 is 1. The average Bonchev–Trinajstić information content (AvgIpc) is 2.62. The molecule has 2 aromatic rings. The summed E-state index contributed by atoms with van der Waals surface area (Å²) >= 11 is 0. The number of benzene rings is 2. The number of hydrogen-bond donors (Lipinski definition) is 2. The van der Waals surface area contributed by atoms with Crippen LogP contribution in [0.15, 0.2) is 59.6 Å². The topological polar surface area (TPSA) is 45.7 Å². The zero-order valence-corrected chi connectivity index (χ0v) is 16.6. The van der Waals surface area contributed by atoms with Crippen LogP contribution in [-0.4, -0.2) is 26.7 Å². The highest BCUT2D eigenvalue weighted by Gasteiger charge is 2.03. The smallest absolute Gasteiger partial charge is 0.191 e. The number of aryl methyl sites for hydroxylation is 1. The van der Waals surface area contributed by atoms with E-state index in [1.165, 1.54) is 5.56 Å². The summed E-state index contributed by atoms with van der Waals surface area (Å²) in [6, 6.07) is 18.5. The minimum atomic E-state index is 0. The zero-order valence-electron chi connectivity index (χ0n) is 14.3. The van der Waals surface area contributed by atoms with Gasteiger partial charge in [-0.05, 0) is 24.5 Å². The van der Waals surface area contributed by atoms with Crippen molar-refractivity contribution in [2.24, 2.45) is 4.99 Å². The summed E-state index contributed by atoms with van der Waals surface area (Å²) in [6.07, 6.45) is 2.14. The van der Waals surface area contributed by atoms with Crippen molar-refractivity contribution in [1.82, 2.24) is 10.6 Å². The van der Waals surface area contributed by atoms with E-state index >= 15 is 0 Å². The van der Waals surface area contributed by atoms with Crippen molar-refractivity contribution >= 4 is 29.9 Å². The molecular weight excluding hydrogens is 413 g/mol. The first-order valence-electron chi connectivity index (χ1n) is 7.94. The van der Waals surface area contributed by atoms with Crippen LogP contribution in [0.5, 0.6) is 5.75 Å². The van der Waals surface area contributed by atoms with E-state index in [1.54, 1.807) is 14.2 Å². The number of nitrogens with zero attached hydrogens (tertiary/aromatic N) is 1. The number of rotatable bonds is 7. The van der Waals surface area contributed by atoms with Crippen LogP contribution in [0.1, 0.15) is 17.5 Å². The van der Waals surface area contributed by atoms with Gasteiger partial charge in [-0.25, -0.2) is 0 Å². The van der Waals surface area contributed by atoms with Crippen molar-refractivity contribution in [3.05, 3.63) is 65.7 Å². The Morgan fingerprint density at radius 1 is 1.00 bits per heavy atom. The second-order valence-corrected chi connectivity index (χ2v) is 5.25. The van der Waals surface area contributed by atoms with Crippen LogP contribution in [0.2, 0.25) is 0 Å². The van der Waals surface area contributed by atoms with E-state index in [4.69, 9.17) is 4.74 Å². The molecule has 0 aromatic heterocycles. The predicted molar refractivity (Wildman–Crippen MR) is 111 cm³/mol. The summed E-state index contributed by atoms with van der Waals surface area (Å²) < 4.78 is 5.36. The van der Waals surface area contributed by atoms with Gasteiger partial charge in [-0.2, -0.15) is 0 Å². The van der Waals surface area contributed by atoms with Gasteiger partial charge in [0.15, 0.2) is 5.96 Å². The second kappa shape index (κ2) is 11.7. The molecule has 2 aromatic carbocycles. The molecule has 0 heterocycles. The van der Waals surface area contributed by atoms with Crippen molar-refractivity contribution in [2.45, 2.75) is 19.4 Å². The third-order valence-corrected chi connectivity index (χ3v) is 3.64. The van der Waals surface area contributed by atoms with Crippen molar-refractivity contribution < 1.29 is 4.74 Å². The number of hydrogen-bond acceptors (Lipinski definition) is 2. The van der Waals surface area contributed by atoms with Crippen molar-refractivity contribution in [2.75, 3.05) is 20.7 Å². The standard InChI is InChI=1S/C19H25N3O.HI/c1-20-19(21-14-8-11-16-9-4-3-5-10-16)22-15-17-12-6-7-13-18(17)23-2;/h3-7,9-10,12-13H,8,11,14-15H2,1-2H3,(H2,20,21,22);1H. The van der Waals surface area contributed by atoms with Crippen LogP contribution in [0.25, 0.3) is 0 Å². The first-order chi connectivity index (χ1) is 11.3. The van der Waals surface area contributed by atoms with E-state index in [9.17, 15) is 0 Å². The van der Waals surface area contributed by atoms with E-state index in [0.29, 0.717) is 6.54 Å². The SMILES string of the molecule is CN=C(NCCCc1ccccc1)NCc1ccccc1OC.I. The molecule has 130 valence electrons. The Balaban J connectivity index is 0.00000288. The third kappa shape index (κ3) is 6.78. The molecule has 0 unspecified atom stereocenters. The van der Waals surface area contributed by atoms with Gasteiger partial charge >= 0.3 is 0 Å². The lowest BCUT2D eigenvalue weighted by Gasteiger charge is -2.13. The third-order valence-electron chi connectivity index (χ3n) is 3.64. The number of nitrogens with one attached hydrogen (secondary N) is 2. The molecule has 0 fully saturated rings. The van der Waals surface area contributed by atoms with Crippen LogP contribution in [0.4, 0.5) is 0 Å². The maximum absolute atomic E-state index is 5.36. The molecule has 4 nitrogen and oxygen atoms in total. The second-order valence-electron chi connectivity index (χ2n) is 5.25. The fourth-order valence-electron chi connectivity index (χ4n) is 2.39. The molecule has 0 amide bonds. The molecule has 0 aliphatic carbocycles. The number of ether oxygens (including phenoxy) is 1. The van der Waals surface area contributed by atoms with Crippen LogP contribution < -0.4 is 15.4 Å². The Bertz CT molecular complexity index is 617. The molecule has 5 heteroatoms. The number of guanidine groups is 1. The summed E-state index contributed by atoms with van der Waals surface area (Å²) in [4.78, 5) is 4.26. The Labute approximate surface area is 161 Å². The molecule has 2 N–H and O–H groups in total. The first-order valence-corrected chi connectivity index (χ1v) is 7.94. The van der Waals surface area contributed by atoms with Gasteiger partial charge in [-0.15, -0.1) is 24.0 Å². The molecule has 0 bridgehead atoms. The molecule has 0 saturated heterocycles. The lowest BCUT2D eigenvalue weighted by atomic mass is 10.1. The zero-order chi connectivity index (χ0) is 16.3. The lowest BCUT2D eigenvalue weighted by Crippen LogP contribution is -2.37. The molecular formula is C19H26IN3O. The fraction of sp³-hybridized carbons (Fsp3) is 0.316. The van der Waals surface area contributed by atoms with Gasteiger partial charge in [-0.3, -0.25) is 4.99 Å². The van der Waals surface area contributed by atoms with Gasteiger partial charge in [0.25, 0.3) is 0 Å². The quantitative estimate of drug-likeness (QED) is 0.300. The van der Waals surface area contributed by atoms with E-state index in [-0.39, 0.29) is 24.0 Å². The maximum Gasteiger partial charge on any atom is 0.191 e.